The molecule has 1 N–H and O–H groups in total. The normalized spacial score (nSPS) is 17.3. The molecule has 2 aromatic rings. The highest BCUT2D eigenvalue weighted by molar-refractivity contribution is 7.73. The molecule has 0 unspecified atom stereocenters. The molecule has 0 spiro atoms. The molecule has 172 valence electrons. The van der Waals surface area contributed by atoms with Crippen LogP contribution in [0.25, 0.3) is 0 Å². The van der Waals surface area contributed by atoms with E-state index >= 15 is 0 Å². The number of carbonyl (C=O) groups is 2. The van der Waals surface area contributed by atoms with Gasteiger partial charge in [0.2, 0.25) is 16.9 Å². The van der Waals surface area contributed by atoms with Gasteiger partial charge in [-0.05, 0) is 56.1 Å². The van der Waals surface area contributed by atoms with Crippen molar-refractivity contribution in [3.8, 4) is 0 Å². The zero-order chi connectivity index (χ0) is 22.8. The van der Waals surface area contributed by atoms with Crippen LogP contribution >= 0.6 is 23.6 Å². The number of aryl methyl sites for hydroxylation is 1. The predicted octanol–water partition coefficient (Wildman–Crippen LogP) is 3.02. The zero-order valence-electron chi connectivity index (χ0n) is 18.8. The topological polar surface area (TPSA) is 73.7 Å². The summed E-state index contributed by atoms with van der Waals surface area (Å²) in [6.45, 7) is 9.95. The van der Waals surface area contributed by atoms with Crippen molar-refractivity contribution in [3.05, 3.63) is 33.3 Å². The fraction of sp³-hybridized carbons (Fsp3) is 0.545. The Hall–Kier alpha value is -2.14. The molecule has 8 nitrogen and oxygen atoms in total. The van der Waals surface area contributed by atoms with Gasteiger partial charge in [-0.25, -0.2) is 4.68 Å². The molecule has 4 rings (SSSR count). The highest BCUT2D eigenvalue weighted by Crippen LogP contribution is 2.33. The molecule has 2 aliphatic rings. The van der Waals surface area contributed by atoms with Crippen LogP contribution in [-0.2, 0) is 16.3 Å². The summed E-state index contributed by atoms with van der Waals surface area (Å²) in [6.07, 6.45) is 2.07. The Morgan fingerprint density at radius 2 is 1.88 bits per heavy atom. The molecule has 10 heteroatoms. The lowest BCUT2D eigenvalue weighted by Gasteiger charge is -2.34. The molecule has 32 heavy (non-hydrogen) atoms. The number of rotatable bonds is 7. The summed E-state index contributed by atoms with van der Waals surface area (Å²) in [4.78, 5) is 30.8. The van der Waals surface area contributed by atoms with Gasteiger partial charge in [0.15, 0.2) is 3.95 Å². The van der Waals surface area contributed by atoms with Crippen LogP contribution < -0.4 is 10.2 Å². The second-order valence-electron chi connectivity index (χ2n) is 8.60. The van der Waals surface area contributed by atoms with Gasteiger partial charge in [0.25, 0.3) is 0 Å². The summed E-state index contributed by atoms with van der Waals surface area (Å²) >= 11 is 6.91. The Bertz CT molecular complexity index is 1050. The molecule has 1 saturated heterocycles. The first-order valence-corrected chi connectivity index (χ1v) is 12.2. The second kappa shape index (κ2) is 9.78. The van der Waals surface area contributed by atoms with Crippen LogP contribution in [0, 0.1) is 17.8 Å². The number of anilines is 2. The van der Waals surface area contributed by atoms with Crippen LogP contribution in [0.15, 0.2) is 18.2 Å². The lowest BCUT2D eigenvalue weighted by Crippen LogP contribution is -2.49. The Balaban J connectivity index is 1.28. The first-order chi connectivity index (χ1) is 15.3. The number of hydrogen-bond donors (Lipinski definition) is 1. The highest BCUT2D eigenvalue weighted by atomic mass is 32.1. The molecule has 0 radical (unpaired) electrons. The zero-order valence-corrected chi connectivity index (χ0v) is 20.5. The van der Waals surface area contributed by atoms with Crippen molar-refractivity contribution in [2.75, 3.05) is 42.9 Å². The van der Waals surface area contributed by atoms with Crippen molar-refractivity contribution in [1.82, 2.24) is 19.6 Å². The quantitative estimate of drug-likeness (QED) is 0.622. The van der Waals surface area contributed by atoms with Gasteiger partial charge in [-0.3, -0.25) is 24.3 Å². The molecule has 2 amide bonds. The van der Waals surface area contributed by atoms with Gasteiger partial charge in [0, 0.05) is 44.8 Å². The molecule has 1 aromatic carbocycles. The van der Waals surface area contributed by atoms with Crippen molar-refractivity contribution >= 4 is 46.2 Å². The van der Waals surface area contributed by atoms with Crippen LogP contribution in [0.4, 0.5) is 10.8 Å². The minimum Gasteiger partial charge on any atom is -0.325 e. The van der Waals surface area contributed by atoms with E-state index in [1.165, 1.54) is 16.9 Å². The summed E-state index contributed by atoms with van der Waals surface area (Å²) in [5, 5.41) is 8.37. The van der Waals surface area contributed by atoms with Crippen molar-refractivity contribution in [2.24, 2.45) is 0 Å². The maximum Gasteiger partial charge on any atom is 0.238 e. The maximum absolute atomic E-state index is 12.5. The van der Waals surface area contributed by atoms with Gasteiger partial charge < -0.3 is 5.32 Å². The number of aromatic nitrogens is 2. The van der Waals surface area contributed by atoms with Gasteiger partial charge in [-0.2, -0.15) is 0 Å². The van der Waals surface area contributed by atoms with Crippen LogP contribution in [0.3, 0.4) is 0 Å². The largest absolute Gasteiger partial charge is 0.325 e. The second-order valence-corrected chi connectivity index (χ2v) is 10.2. The van der Waals surface area contributed by atoms with Gasteiger partial charge in [0.1, 0.15) is 0 Å². The van der Waals surface area contributed by atoms with E-state index in [1.54, 1.807) is 11.8 Å². The summed E-state index contributed by atoms with van der Waals surface area (Å²) in [6, 6.07) is 6.23. The van der Waals surface area contributed by atoms with Crippen molar-refractivity contribution in [1.29, 1.82) is 0 Å². The summed E-state index contributed by atoms with van der Waals surface area (Å²) in [5.41, 5.74) is 3.16. The minimum atomic E-state index is 0.0166. The number of nitrogens with zero attached hydrogens (tertiary/aromatic N) is 5. The average Bonchev–Trinajstić information content (AvgIpc) is 3.50. The third-order valence-electron chi connectivity index (χ3n) is 6.10. The minimum absolute atomic E-state index is 0.0166. The fourth-order valence-electron chi connectivity index (χ4n) is 3.92. The van der Waals surface area contributed by atoms with Gasteiger partial charge in [0.05, 0.1) is 13.2 Å². The standard InChI is InChI=1S/C22H30N6O2S2/c1-15-5-4-6-19(16(15)2)23-20(30)13-25-9-11-26(12-10-25)14-27-22(31)32-21(24-27)28(17(3)29)18-7-8-18/h4-6,18H,7-14H2,1-3H3,(H,23,30). The molecule has 0 bridgehead atoms. The summed E-state index contributed by atoms with van der Waals surface area (Å²) < 4.78 is 2.50. The van der Waals surface area contributed by atoms with Crippen molar-refractivity contribution in [2.45, 2.75) is 46.3 Å². The maximum atomic E-state index is 12.5. The highest BCUT2D eigenvalue weighted by Gasteiger charge is 2.34. The molecule has 1 aromatic heterocycles. The van der Waals surface area contributed by atoms with E-state index in [1.807, 2.05) is 36.7 Å². The lowest BCUT2D eigenvalue weighted by molar-refractivity contribution is -0.118. The van der Waals surface area contributed by atoms with Gasteiger partial charge >= 0.3 is 0 Å². The number of piperazine rings is 1. The Kier molecular flexibility index (Phi) is 7.04. The van der Waals surface area contributed by atoms with Crippen LogP contribution in [0.2, 0.25) is 0 Å². The lowest BCUT2D eigenvalue weighted by atomic mass is 10.1. The molecule has 1 saturated carbocycles. The molecule has 2 heterocycles. The molecule has 1 aliphatic carbocycles. The number of hydrogen-bond acceptors (Lipinski definition) is 7. The van der Waals surface area contributed by atoms with E-state index in [0.717, 1.165) is 50.3 Å². The van der Waals surface area contributed by atoms with Crippen molar-refractivity contribution in [3.63, 3.8) is 0 Å². The number of amides is 2. The van der Waals surface area contributed by atoms with E-state index in [-0.39, 0.29) is 17.9 Å². The van der Waals surface area contributed by atoms with E-state index in [0.29, 0.717) is 22.3 Å². The first-order valence-electron chi connectivity index (χ1n) is 11.0. The van der Waals surface area contributed by atoms with Crippen LogP contribution in [0.5, 0.6) is 0 Å². The third kappa shape index (κ3) is 5.43. The summed E-state index contributed by atoms with van der Waals surface area (Å²) in [5.74, 6) is 0.0408. The molecule has 2 fully saturated rings. The molecular weight excluding hydrogens is 444 g/mol. The first kappa shape index (κ1) is 23.0. The van der Waals surface area contributed by atoms with Crippen LogP contribution in [-0.4, -0.2) is 70.2 Å². The molecule has 1 aliphatic heterocycles. The van der Waals surface area contributed by atoms with Gasteiger partial charge in [-0.15, -0.1) is 5.10 Å². The van der Waals surface area contributed by atoms with E-state index in [9.17, 15) is 9.59 Å². The molecule has 0 atom stereocenters. The Labute approximate surface area is 197 Å². The average molecular weight is 475 g/mol. The Morgan fingerprint density at radius 1 is 1.19 bits per heavy atom. The summed E-state index contributed by atoms with van der Waals surface area (Å²) in [7, 11) is 0. The third-order valence-corrected chi connectivity index (χ3v) is 7.40. The van der Waals surface area contributed by atoms with E-state index < -0.39 is 0 Å². The van der Waals surface area contributed by atoms with Crippen LogP contribution in [0.1, 0.15) is 30.9 Å². The smallest absolute Gasteiger partial charge is 0.238 e. The van der Waals surface area contributed by atoms with E-state index in [4.69, 9.17) is 12.2 Å². The predicted molar refractivity (Wildman–Crippen MR) is 130 cm³/mol. The fourth-order valence-corrected chi connectivity index (χ4v) is 5.12. The SMILES string of the molecule is CC(=O)N(c1nn(CN2CCN(CC(=O)Nc3cccc(C)c3C)CC2)c(=S)s1)C1CC1. The number of benzene rings is 1. The molecular formula is C22H30N6O2S2. The van der Waals surface area contributed by atoms with E-state index in [2.05, 4.69) is 20.2 Å². The monoisotopic (exact) mass is 474 g/mol. The number of carbonyl (C=O) groups excluding carboxylic acids is 2. The van der Waals surface area contributed by atoms with Crippen molar-refractivity contribution < 1.29 is 9.59 Å². The Morgan fingerprint density at radius 3 is 2.53 bits per heavy atom. The van der Waals surface area contributed by atoms with Gasteiger partial charge in [-0.1, -0.05) is 23.5 Å². The number of nitrogens with one attached hydrogen (secondary N) is 1.